The van der Waals surface area contributed by atoms with Crippen LogP contribution in [0.4, 0.5) is 0 Å². The Morgan fingerprint density at radius 2 is 2.42 bits per heavy atom. The Kier molecular flexibility index (Phi) is 2.71. The predicted octanol–water partition coefficient (Wildman–Crippen LogP) is 0.00500. The topological polar surface area (TPSA) is 86.8 Å². The van der Waals surface area contributed by atoms with Crippen molar-refractivity contribution in [2.24, 2.45) is 16.7 Å². The molecule has 0 amide bonds. The van der Waals surface area contributed by atoms with E-state index < -0.39 is 0 Å². The first-order valence-electron chi connectivity index (χ1n) is 3.39. The molecule has 1 aromatic rings. The molecule has 0 aliphatic rings. The zero-order chi connectivity index (χ0) is 8.97. The van der Waals surface area contributed by atoms with E-state index >= 15 is 0 Å². The summed E-state index contributed by atoms with van der Waals surface area (Å²) in [7, 11) is 1.59. The highest BCUT2D eigenvalue weighted by atomic mass is 16.5. The van der Waals surface area contributed by atoms with Crippen LogP contribution in [0.2, 0.25) is 0 Å². The van der Waals surface area contributed by atoms with Gasteiger partial charge in [-0.25, -0.2) is 0 Å². The van der Waals surface area contributed by atoms with Crippen LogP contribution in [0, 0.1) is 0 Å². The van der Waals surface area contributed by atoms with Crippen LogP contribution in [0.1, 0.15) is 11.5 Å². The second-order valence-corrected chi connectivity index (χ2v) is 2.21. The van der Waals surface area contributed by atoms with Crippen LogP contribution in [-0.4, -0.2) is 12.9 Å². The van der Waals surface area contributed by atoms with Gasteiger partial charge in [0.2, 0.25) is 0 Å². The van der Waals surface area contributed by atoms with E-state index in [1.54, 1.807) is 19.2 Å². The third kappa shape index (κ3) is 1.76. The monoisotopic (exact) mass is 169 g/mol. The molecule has 1 aromatic heterocycles. The predicted molar refractivity (Wildman–Crippen MR) is 44.3 cm³/mol. The average Bonchev–Trinajstić information content (AvgIpc) is 2.52. The van der Waals surface area contributed by atoms with Crippen molar-refractivity contribution in [1.82, 2.24) is 0 Å². The minimum Gasteiger partial charge on any atom is -0.455 e. The second-order valence-electron chi connectivity index (χ2n) is 2.21. The first-order chi connectivity index (χ1) is 5.77. The molecule has 1 heterocycles. The van der Waals surface area contributed by atoms with E-state index in [1.165, 1.54) is 0 Å². The van der Waals surface area contributed by atoms with Crippen LogP contribution < -0.4 is 11.6 Å². The molecule has 0 atom stereocenters. The van der Waals surface area contributed by atoms with Crippen LogP contribution in [0.5, 0.6) is 0 Å². The molecule has 5 heteroatoms. The lowest BCUT2D eigenvalue weighted by Gasteiger charge is -1.93. The van der Waals surface area contributed by atoms with Gasteiger partial charge in [0.05, 0.1) is 0 Å². The molecule has 0 spiro atoms. The van der Waals surface area contributed by atoms with Crippen molar-refractivity contribution < 1.29 is 9.15 Å². The fraction of sp³-hybridized carbons (Fsp3) is 0.286. The minimum atomic E-state index is 0.178. The fourth-order valence-corrected chi connectivity index (χ4v) is 0.799. The molecule has 12 heavy (non-hydrogen) atoms. The highest BCUT2D eigenvalue weighted by molar-refractivity contribution is 5.94. The van der Waals surface area contributed by atoms with Crippen LogP contribution in [0.15, 0.2) is 21.7 Å². The molecule has 4 N–H and O–H groups in total. The molecule has 0 fully saturated rings. The Bertz CT molecular complexity index is 280. The lowest BCUT2D eigenvalue weighted by molar-refractivity contribution is 0.164. The van der Waals surface area contributed by atoms with E-state index in [1.807, 2.05) is 0 Å². The Hall–Kier alpha value is -1.49. The van der Waals surface area contributed by atoms with Crippen molar-refractivity contribution in [3.8, 4) is 0 Å². The highest BCUT2D eigenvalue weighted by Crippen LogP contribution is 2.07. The van der Waals surface area contributed by atoms with E-state index in [0.29, 0.717) is 18.1 Å². The second kappa shape index (κ2) is 3.77. The van der Waals surface area contributed by atoms with Crippen molar-refractivity contribution in [3.05, 3.63) is 23.7 Å². The molecular weight excluding hydrogens is 158 g/mol. The summed E-state index contributed by atoms with van der Waals surface area (Å²) in [6, 6.07) is 3.46. The molecule has 0 aliphatic heterocycles. The molecule has 0 unspecified atom stereocenters. The van der Waals surface area contributed by atoms with Gasteiger partial charge in [-0.15, -0.1) is 0 Å². The molecule has 66 valence electrons. The maximum absolute atomic E-state index is 5.39. The normalized spacial score (nSPS) is 11.9. The van der Waals surface area contributed by atoms with Gasteiger partial charge >= 0.3 is 0 Å². The summed E-state index contributed by atoms with van der Waals surface area (Å²) >= 11 is 0. The van der Waals surface area contributed by atoms with Crippen molar-refractivity contribution in [2.75, 3.05) is 7.11 Å². The van der Waals surface area contributed by atoms with Gasteiger partial charge in [-0.2, -0.15) is 5.10 Å². The number of amidine groups is 1. The third-order valence-electron chi connectivity index (χ3n) is 1.34. The Morgan fingerprint density at radius 1 is 1.67 bits per heavy atom. The van der Waals surface area contributed by atoms with Gasteiger partial charge in [-0.1, -0.05) is 0 Å². The zero-order valence-corrected chi connectivity index (χ0v) is 6.78. The summed E-state index contributed by atoms with van der Waals surface area (Å²) in [5.74, 6) is 6.29. The SMILES string of the molecule is COCc1ccc(/C(N)=N/N)o1. The summed E-state index contributed by atoms with van der Waals surface area (Å²) in [5, 5.41) is 3.29. The van der Waals surface area contributed by atoms with Crippen molar-refractivity contribution in [3.63, 3.8) is 0 Å². The lowest BCUT2D eigenvalue weighted by atomic mass is 10.4. The molecule has 0 saturated heterocycles. The van der Waals surface area contributed by atoms with E-state index in [9.17, 15) is 0 Å². The number of hydrogen-bond donors (Lipinski definition) is 2. The molecule has 1 rings (SSSR count). The van der Waals surface area contributed by atoms with E-state index in [0.717, 1.165) is 0 Å². The molecule has 0 saturated carbocycles. The number of hydrogen-bond acceptors (Lipinski definition) is 4. The van der Waals surface area contributed by atoms with Crippen molar-refractivity contribution >= 4 is 5.84 Å². The van der Waals surface area contributed by atoms with Gasteiger partial charge in [0.1, 0.15) is 12.4 Å². The Balaban J connectivity index is 2.77. The fourth-order valence-electron chi connectivity index (χ4n) is 0.799. The van der Waals surface area contributed by atoms with Gasteiger partial charge < -0.3 is 20.7 Å². The number of nitrogens with two attached hydrogens (primary N) is 2. The number of nitrogens with zero attached hydrogens (tertiary/aromatic N) is 1. The molecule has 0 radical (unpaired) electrons. The Labute approximate surface area is 70.0 Å². The molecule has 5 nitrogen and oxygen atoms in total. The third-order valence-corrected chi connectivity index (χ3v) is 1.34. The quantitative estimate of drug-likeness (QED) is 0.288. The van der Waals surface area contributed by atoms with Crippen molar-refractivity contribution in [1.29, 1.82) is 0 Å². The van der Waals surface area contributed by atoms with Gasteiger partial charge in [-0.05, 0) is 12.1 Å². The summed E-state index contributed by atoms with van der Waals surface area (Å²) < 4.78 is 10.1. The standard InChI is InChI=1S/C7H11N3O2/c1-11-4-5-2-3-6(12-5)7(8)10-9/h2-3H,4,9H2,1H3,(H2,8,10). The zero-order valence-electron chi connectivity index (χ0n) is 6.78. The van der Waals surface area contributed by atoms with E-state index in [4.69, 9.17) is 20.7 Å². The number of ether oxygens (including phenoxy) is 1. The first-order valence-corrected chi connectivity index (χ1v) is 3.39. The van der Waals surface area contributed by atoms with Crippen molar-refractivity contribution in [2.45, 2.75) is 6.61 Å². The van der Waals surface area contributed by atoms with Crippen LogP contribution >= 0.6 is 0 Å². The summed E-state index contributed by atoms with van der Waals surface area (Å²) in [4.78, 5) is 0. The molecule has 0 bridgehead atoms. The molecular formula is C7H11N3O2. The van der Waals surface area contributed by atoms with Crippen LogP contribution in [-0.2, 0) is 11.3 Å². The maximum Gasteiger partial charge on any atom is 0.186 e. The number of hydrazone groups is 1. The van der Waals surface area contributed by atoms with Gasteiger partial charge in [-0.3, -0.25) is 0 Å². The summed E-state index contributed by atoms with van der Waals surface area (Å²) in [6.45, 7) is 0.415. The van der Waals surface area contributed by atoms with Gasteiger partial charge in [0.25, 0.3) is 0 Å². The number of methoxy groups -OCH3 is 1. The number of rotatable bonds is 3. The van der Waals surface area contributed by atoms with Crippen LogP contribution in [0.25, 0.3) is 0 Å². The minimum absolute atomic E-state index is 0.178. The number of furan rings is 1. The first kappa shape index (κ1) is 8.61. The highest BCUT2D eigenvalue weighted by Gasteiger charge is 2.04. The molecule has 0 aliphatic carbocycles. The van der Waals surface area contributed by atoms with Crippen LogP contribution in [0.3, 0.4) is 0 Å². The summed E-state index contributed by atoms with van der Waals surface area (Å²) in [6.07, 6.45) is 0. The maximum atomic E-state index is 5.39. The van der Waals surface area contributed by atoms with E-state index in [2.05, 4.69) is 5.10 Å². The average molecular weight is 169 g/mol. The summed E-state index contributed by atoms with van der Waals surface area (Å²) in [5.41, 5.74) is 5.39. The van der Waals surface area contributed by atoms with E-state index in [-0.39, 0.29) is 5.84 Å². The smallest absolute Gasteiger partial charge is 0.186 e. The lowest BCUT2D eigenvalue weighted by Crippen LogP contribution is -2.14. The largest absolute Gasteiger partial charge is 0.455 e. The van der Waals surface area contributed by atoms with Gasteiger partial charge in [0, 0.05) is 7.11 Å². The molecule has 0 aromatic carbocycles. The Morgan fingerprint density at radius 3 is 3.00 bits per heavy atom. The van der Waals surface area contributed by atoms with Gasteiger partial charge in [0.15, 0.2) is 11.6 Å².